The maximum absolute atomic E-state index is 11.7. The molecule has 3 N–H and O–H groups in total. The molecule has 21 heavy (non-hydrogen) atoms. The topological polar surface area (TPSA) is 76.7 Å². The third-order valence-corrected chi connectivity index (χ3v) is 2.73. The third-order valence-electron chi connectivity index (χ3n) is 2.73. The normalized spacial score (nSPS) is 11.0. The minimum atomic E-state index is -0.287. The van der Waals surface area contributed by atoms with E-state index in [-0.39, 0.29) is 18.3 Å². The smallest absolute Gasteiger partial charge is 0.265 e. The van der Waals surface area contributed by atoms with E-state index in [1.807, 2.05) is 61.5 Å². The van der Waals surface area contributed by atoms with Gasteiger partial charge in [-0.15, -0.1) is 0 Å². The monoisotopic (exact) mass is 283 g/mol. The Morgan fingerprint density at radius 1 is 1.19 bits per heavy atom. The molecule has 0 saturated heterocycles. The fraction of sp³-hybridized carbons (Fsp3) is 0.125. The van der Waals surface area contributed by atoms with Gasteiger partial charge in [0.1, 0.15) is 0 Å². The van der Waals surface area contributed by atoms with Gasteiger partial charge in [0.05, 0.1) is 0 Å². The zero-order chi connectivity index (χ0) is 15.1. The molecule has 108 valence electrons. The summed E-state index contributed by atoms with van der Waals surface area (Å²) < 4.78 is 0. The molecule has 0 radical (unpaired) electrons. The van der Waals surface area contributed by atoms with E-state index < -0.39 is 0 Å². The maximum Gasteiger partial charge on any atom is 0.265 e. The number of carbonyl (C=O) groups excluding carboxylic acids is 1. The van der Waals surface area contributed by atoms with Crippen molar-refractivity contribution < 1.29 is 9.63 Å². The van der Waals surface area contributed by atoms with E-state index in [0.29, 0.717) is 0 Å². The molecule has 0 unspecified atom stereocenters. The van der Waals surface area contributed by atoms with E-state index in [2.05, 4.69) is 10.5 Å². The lowest BCUT2D eigenvalue weighted by Crippen LogP contribution is -2.19. The lowest BCUT2D eigenvalue weighted by Gasteiger charge is -2.05. The molecule has 0 aromatic heterocycles. The van der Waals surface area contributed by atoms with E-state index >= 15 is 0 Å². The molecule has 2 rings (SSSR count). The van der Waals surface area contributed by atoms with Crippen LogP contribution in [0.25, 0.3) is 0 Å². The summed E-state index contributed by atoms with van der Waals surface area (Å²) in [5.41, 5.74) is 8.29. The van der Waals surface area contributed by atoms with Crippen LogP contribution in [0.3, 0.4) is 0 Å². The molecule has 0 bridgehead atoms. The predicted molar refractivity (Wildman–Crippen MR) is 82.9 cm³/mol. The predicted octanol–water partition coefficient (Wildman–Crippen LogP) is 2.27. The number of aryl methyl sites for hydroxylation is 1. The summed E-state index contributed by atoms with van der Waals surface area (Å²) in [6, 6.07) is 16.7. The number of nitrogens with two attached hydrogens (primary N) is 1. The van der Waals surface area contributed by atoms with E-state index in [1.54, 1.807) is 0 Å². The van der Waals surface area contributed by atoms with Crippen LogP contribution in [-0.4, -0.2) is 18.3 Å². The molecule has 0 spiro atoms. The van der Waals surface area contributed by atoms with Gasteiger partial charge in [0, 0.05) is 11.3 Å². The standard InChI is InChI=1S/C16H17N3O2/c1-12-6-5-9-14(10-12)18-15(20)11-21-19-16(17)13-7-3-2-4-8-13/h2-10H,11H2,1H3,(H2,17,19)(H,18,20). The number of amidine groups is 1. The first-order chi connectivity index (χ1) is 10.1. The Morgan fingerprint density at radius 3 is 2.67 bits per heavy atom. The number of oxime groups is 1. The van der Waals surface area contributed by atoms with Crippen molar-refractivity contribution in [2.75, 3.05) is 11.9 Å². The summed E-state index contributed by atoms with van der Waals surface area (Å²) >= 11 is 0. The lowest BCUT2D eigenvalue weighted by molar-refractivity contribution is -0.120. The van der Waals surface area contributed by atoms with Crippen LogP contribution in [0.15, 0.2) is 59.8 Å². The Bertz CT molecular complexity index is 639. The Hall–Kier alpha value is -2.82. The van der Waals surface area contributed by atoms with Gasteiger partial charge in [-0.3, -0.25) is 4.79 Å². The van der Waals surface area contributed by atoms with Gasteiger partial charge in [-0.1, -0.05) is 47.6 Å². The zero-order valence-electron chi connectivity index (χ0n) is 11.7. The first kappa shape index (κ1) is 14.6. The summed E-state index contributed by atoms with van der Waals surface area (Å²) in [6.45, 7) is 1.76. The highest BCUT2D eigenvalue weighted by Gasteiger charge is 2.03. The fourth-order valence-corrected chi connectivity index (χ4v) is 1.74. The summed E-state index contributed by atoms with van der Waals surface area (Å²) in [6.07, 6.45) is 0. The first-order valence-corrected chi connectivity index (χ1v) is 6.52. The van der Waals surface area contributed by atoms with Crippen LogP contribution in [0, 0.1) is 6.92 Å². The number of hydrogen-bond donors (Lipinski definition) is 2. The average Bonchev–Trinajstić information content (AvgIpc) is 2.48. The number of rotatable bonds is 5. The number of anilines is 1. The van der Waals surface area contributed by atoms with Gasteiger partial charge in [-0.25, -0.2) is 0 Å². The average molecular weight is 283 g/mol. The fourth-order valence-electron chi connectivity index (χ4n) is 1.74. The Balaban J connectivity index is 1.84. The number of hydrogen-bond acceptors (Lipinski definition) is 3. The van der Waals surface area contributed by atoms with Crippen molar-refractivity contribution in [1.29, 1.82) is 0 Å². The van der Waals surface area contributed by atoms with Gasteiger partial charge in [0.15, 0.2) is 12.4 Å². The second-order valence-corrected chi connectivity index (χ2v) is 4.53. The molecule has 1 amide bonds. The number of carbonyl (C=O) groups is 1. The highest BCUT2D eigenvalue weighted by molar-refractivity contribution is 5.97. The molecule has 0 saturated carbocycles. The molecule has 2 aromatic carbocycles. The highest BCUT2D eigenvalue weighted by atomic mass is 16.6. The number of nitrogens with one attached hydrogen (secondary N) is 1. The molecule has 0 heterocycles. The van der Waals surface area contributed by atoms with Gasteiger partial charge in [0.25, 0.3) is 5.91 Å². The van der Waals surface area contributed by atoms with Crippen LogP contribution in [0.4, 0.5) is 5.69 Å². The molecular formula is C16H17N3O2. The molecule has 5 heteroatoms. The van der Waals surface area contributed by atoms with E-state index in [9.17, 15) is 4.79 Å². The third kappa shape index (κ3) is 4.65. The van der Waals surface area contributed by atoms with Crippen LogP contribution in [0.5, 0.6) is 0 Å². The summed E-state index contributed by atoms with van der Waals surface area (Å²) in [4.78, 5) is 16.7. The van der Waals surface area contributed by atoms with Crippen LogP contribution < -0.4 is 11.1 Å². The zero-order valence-corrected chi connectivity index (χ0v) is 11.7. The van der Waals surface area contributed by atoms with Gasteiger partial charge >= 0.3 is 0 Å². The van der Waals surface area contributed by atoms with Crippen LogP contribution in [0.1, 0.15) is 11.1 Å². The Kier molecular flexibility index (Phi) is 4.93. The van der Waals surface area contributed by atoms with Crippen molar-refractivity contribution in [3.8, 4) is 0 Å². The Labute approximate surface area is 123 Å². The second kappa shape index (κ2) is 7.09. The SMILES string of the molecule is Cc1cccc(NC(=O)CO/N=C(/N)c2ccccc2)c1. The maximum atomic E-state index is 11.7. The second-order valence-electron chi connectivity index (χ2n) is 4.53. The number of nitrogens with zero attached hydrogens (tertiary/aromatic N) is 1. The molecule has 0 aliphatic heterocycles. The van der Waals surface area contributed by atoms with Crippen LogP contribution >= 0.6 is 0 Å². The van der Waals surface area contributed by atoms with Crippen molar-refractivity contribution >= 4 is 17.4 Å². The quantitative estimate of drug-likeness (QED) is 0.502. The van der Waals surface area contributed by atoms with Crippen molar-refractivity contribution in [3.05, 3.63) is 65.7 Å². The summed E-state index contributed by atoms with van der Waals surface area (Å²) in [5, 5.41) is 6.45. The van der Waals surface area contributed by atoms with Crippen LogP contribution in [0.2, 0.25) is 0 Å². The highest BCUT2D eigenvalue weighted by Crippen LogP contribution is 2.09. The lowest BCUT2D eigenvalue weighted by atomic mass is 10.2. The van der Waals surface area contributed by atoms with Crippen molar-refractivity contribution in [3.63, 3.8) is 0 Å². The van der Waals surface area contributed by atoms with Crippen molar-refractivity contribution in [1.82, 2.24) is 0 Å². The largest absolute Gasteiger partial charge is 0.384 e. The molecule has 0 fully saturated rings. The molecule has 2 aromatic rings. The van der Waals surface area contributed by atoms with Gasteiger partial charge in [0.2, 0.25) is 0 Å². The minimum Gasteiger partial charge on any atom is -0.384 e. The van der Waals surface area contributed by atoms with Gasteiger partial charge in [-0.2, -0.15) is 0 Å². The Morgan fingerprint density at radius 2 is 1.95 bits per heavy atom. The van der Waals surface area contributed by atoms with Crippen LogP contribution in [-0.2, 0) is 9.63 Å². The molecule has 0 aliphatic rings. The van der Waals surface area contributed by atoms with Gasteiger partial charge in [-0.05, 0) is 24.6 Å². The van der Waals surface area contributed by atoms with Crippen molar-refractivity contribution in [2.45, 2.75) is 6.92 Å². The molecule has 0 aliphatic carbocycles. The summed E-state index contributed by atoms with van der Waals surface area (Å²) in [7, 11) is 0. The molecule has 0 atom stereocenters. The summed E-state index contributed by atoms with van der Waals surface area (Å²) in [5.74, 6) is -0.0517. The molecule has 5 nitrogen and oxygen atoms in total. The van der Waals surface area contributed by atoms with Crippen molar-refractivity contribution in [2.24, 2.45) is 10.9 Å². The van der Waals surface area contributed by atoms with E-state index in [4.69, 9.17) is 10.6 Å². The van der Waals surface area contributed by atoms with Gasteiger partial charge < -0.3 is 15.9 Å². The number of amides is 1. The number of benzene rings is 2. The van der Waals surface area contributed by atoms with E-state index in [1.165, 1.54) is 0 Å². The minimum absolute atomic E-state index is 0.193. The first-order valence-electron chi connectivity index (χ1n) is 6.52. The van der Waals surface area contributed by atoms with E-state index in [0.717, 1.165) is 16.8 Å². The molecular weight excluding hydrogens is 266 g/mol.